The van der Waals surface area contributed by atoms with Gasteiger partial charge in [-0.25, -0.2) is 20.4 Å². The summed E-state index contributed by atoms with van der Waals surface area (Å²) in [6.45, 7) is 11.3. The van der Waals surface area contributed by atoms with E-state index in [1.807, 2.05) is 54.3 Å². The Hall–Kier alpha value is -4.58. The van der Waals surface area contributed by atoms with Crippen molar-refractivity contribution < 1.29 is 4.79 Å². The molecule has 0 saturated carbocycles. The summed E-state index contributed by atoms with van der Waals surface area (Å²) in [6.07, 6.45) is 5.71. The zero-order chi connectivity index (χ0) is 33.6. The molecular formula is C37H48N10O. The number of benzene rings is 2. The van der Waals surface area contributed by atoms with Crippen LogP contribution in [-0.4, -0.2) is 79.5 Å². The molecule has 0 atom stereocenters. The summed E-state index contributed by atoms with van der Waals surface area (Å²) in [4.78, 5) is 29.9. The Balaban J connectivity index is 1.29. The number of anilines is 1. The van der Waals surface area contributed by atoms with E-state index >= 15 is 0 Å². The fourth-order valence-corrected chi connectivity index (χ4v) is 6.29. The molecule has 5 N–H and O–H groups in total. The van der Waals surface area contributed by atoms with Gasteiger partial charge in [-0.05, 0) is 87.6 Å². The first-order valence-corrected chi connectivity index (χ1v) is 17.0. The number of aryl methyl sites for hydroxylation is 1. The summed E-state index contributed by atoms with van der Waals surface area (Å²) in [6, 6.07) is 16.2. The number of amides is 1. The molecule has 4 heterocycles. The Kier molecular flexibility index (Phi) is 10.5. The second kappa shape index (κ2) is 15.1. The molecule has 6 rings (SSSR count). The number of nitrogens with one attached hydrogen (secondary N) is 5. The van der Waals surface area contributed by atoms with Crippen LogP contribution in [0.1, 0.15) is 37.8 Å². The number of aliphatic imine (C=N–C) groups is 2. The van der Waals surface area contributed by atoms with Gasteiger partial charge in [-0.2, -0.15) is 0 Å². The Morgan fingerprint density at radius 2 is 1.90 bits per heavy atom. The molecule has 11 heteroatoms. The van der Waals surface area contributed by atoms with Gasteiger partial charge in [-0.1, -0.05) is 56.3 Å². The normalized spacial score (nSPS) is 18.8. The van der Waals surface area contributed by atoms with Crippen molar-refractivity contribution in [2.45, 2.75) is 40.2 Å². The van der Waals surface area contributed by atoms with E-state index in [4.69, 9.17) is 15.0 Å². The average molecular weight is 649 g/mol. The Labute approximate surface area is 283 Å². The summed E-state index contributed by atoms with van der Waals surface area (Å²) in [5.41, 5.74) is 10.3. The zero-order valence-corrected chi connectivity index (χ0v) is 28.7. The Morgan fingerprint density at radius 3 is 2.69 bits per heavy atom. The summed E-state index contributed by atoms with van der Waals surface area (Å²) in [7, 11) is 3.94. The number of guanidine groups is 2. The quantitative estimate of drug-likeness (QED) is 0.206. The van der Waals surface area contributed by atoms with Crippen molar-refractivity contribution >= 4 is 34.4 Å². The Bertz CT molecular complexity index is 1770. The summed E-state index contributed by atoms with van der Waals surface area (Å²) in [5.74, 6) is 3.25. The van der Waals surface area contributed by atoms with Gasteiger partial charge in [0.05, 0.1) is 23.4 Å². The van der Waals surface area contributed by atoms with Crippen molar-refractivity contribution in [3.63, 3.8) is 0 Å². The maximum atomic E-state index is 12.7. The van der Waals surface area contributed by atoms with E-state index in [1.54, 1.807) is 6.08 Å². The number of likely N-dealkylation sites (N-methyl/N-ethyl adjacent to an activating group) is 1. The van der Waals surface area contributed by atoms with E-state index in [0.29, 0.717) is 30.6 Å². The molecular weight excluding hydrogens is 600 g/mol. The predicted molar refractivity (Wildman–Crippen MR) is 195 cm³/mol. The number of hydrogen-bond acceptors (Lipinski definition) is 7. The maximum Gasteiger partial charge on any atom is 0.248 e. The second-order valence-electron chi connectivity index (χ2n) is 13.3. The van der Waals surface area contributed by atoms with Gasteiger partial charge >= 0.3 is 0 Å². The number of para-hydroxylation sites is 1. The molecule has 2 saturated heterocycles. The number of nitrogens with zero attached hydrogens (tertiary/aromatic N) is 5. The molecule has 48 heavy (non-hydrogen) atoms. The van der Waals surface area contributed by atoms with Crippen LogP contribution in [-0.2, 0) is 11.3 Å². The molecule has 0 spiro atoms. The van der Waals surface area contributed by atoms with Crippen LogP contribution in [0.3, 0.4) is 0 Å². The number of hydrogen-bond donors (Lipinski definition) is 5. The van der Waals surface area contributed by atoms with E-state index in [9.17, 15) is 4.79 Å². The molecule has 1 aromatic heterocycles. The van der Waals surface area contributed by atoms with Crippen molar-refractivity contribution in [3.05, 3.63) is 83.2 Å². The van der Waals surface area contributed by atoms with Gasteiger partial charge in [0.25, 0.3) is 0 Å². The van der Waals surface area contributed by atoms with Crippen LogP contribution in [0, 0.1) is 18.8 Å². The fraction of sp³-hybridized carbons (Fsp3) is 0.405. The van der Waals surface area contributed by atoms with Crippen molar-refractivity contribution in [3.8, 4) is 11.3 Å². The minimum absolute atomic E-state index is 0.179. The molecule has 0 aliphatic carbocycles. The largest absolute Gasteiger partial charge is 0.321 e. The lowest BCUT2D eigenvalue weighted by atomic mass is 9.98. The first kappa shape index (κ1) is 33.3. The predicted octanol–water partition coefficient (Wildman–Crippen LogP) is 4.36. The highest BCUT2D eigenvalue weighted by Gasteiger charge is 2.33. The lowest BCUT2D eigenvalue weighted by molar-refractivity contribution is -0.111. The SMILES string of the molecule is Cc1cccc(-c2ccc3cccc(NC(=O)/C=C/CN(C)C)c3n2)c1CN=C1NC(=NCC2CCNCC2)NC2=C(C(C)C)CNN12. The number of aromatic nitrogens is 1. The average Bonchev–Trinajstić information content (AvgIpc) is 3.52. The van der Waals surface area contributed by atoms with Crippen LogP contribution in [0.4, 0.5) is 5.69 Å². The molecule has 1 amide bonds. The summed E-state index contributed by atoms with van der Waals surface area (Å²) < 4.78 is 0. The highest BCUT2D eigenvalue weighted by Crippen LogP contribution is 2.30. The van der Waals surface area contributed by atoms with Crippen molar-refractivity contribution in [1.29, 1.82) is 0 Å². The number of carbonyl (C=O) groups excluding carboxylic acids is 1. The third-order valence-electron chi connectivity index (χ3n) is 9.09. The monoisotopic (exact) mass is 648 g/mol. The second-order valence-corrected chi connectivity index (χ2v) is 13.3. The smallest absolute Gasteiger partial charge is 0.248 e. The van der Waals surface area contributed by atoms with Crippen LogP contribution in [0.5, 0.6) is 0 Å². The molecule has 0 unspecified atom stereocenters. The van der Waals surface area contributed by atoms with Crippen molar-refractivity contribution in [2.75, 3.05) is 52.1 Å². The van der Waals surface area contributed by atoms with Crippen LogP contribution in [0.25, 0.3) is 22.2 Å². The van der Waals surface area contributed by atoms with E-state index in [2.05, 4.69) is 71.7 Å². The third-order valence-corrected chi connectivity index (χ3v) is 9.09. The van der Waals surface area contributed by atoms with E-state index in [-0.39, 0.29) is 5.91 Å². The van der Waals surface area contributed by atoms with Gasteiger partial charge in [0.15, 0.2) is 0 Å². The minimum atomic E-state index is -0.179. The molecule has 3 aromatic rings. The zero-order valence-electron chi connectivity index (χ0n) is 28.7. The van der Waals surface area contributed by atoms with E-state index < -0.39 is 0 Å². The van der Waals surface area contributed by atoms with Crippen LogP contribution in [0.15, 0.2) is 82.1 Å². The molecule has 3 aliphatic rings. The summed E-state index contributed by atoms with van der Waals surface area (Å²) >= 11 is 0. The third kappa shape index (κ3) is 7.75. The number of carbonyl (C=O) groups is 1. The topological polar surface area (TPSA) is 121 Å². The fourth-order valence-electron chi connectivity index (χ4n) is 6.29. The molecule has 252 valence electrons. The Morgan fingerprint density at radius 1 is 1.08 bits per heavy atom. The highest BCUT2D eigenvalue weighted by atomic mass is 16.1. The van der Waals surface area contributed by atoms with Gasteiger partial charge in [0, 0.05) is 36.7 Å². The molecule has 2 aromatic carbocycles. The summed E-state index contributed by atoms with van der Waals surface area (Å²) in [5, 5.41) is 16.5. The van der Waals surface area contributed by atoms with Crippen LogP contribution >= 0.6 is 0 Å². The van der Waals surface area contributed by atoms with Gasteiger partial charge in [-0.15, -0.1) is 0 Å². The van der Waals surface area contributed by atoms with Gasteiger partial charge < -0.3 is 20.9 Å². The van der Waals surface area contributed by atoms with Crippen LogP contribution < -0.4 is 26.7 Å². The number of hydrazine groups is 1. The number of pyridine rings is 1. The number of rotatable bonds is 10. The number of piperidine rings is 1. The molecule has 11 nitrogen and oxygen atoms in total. The van der Waals surface area contributed by atoms with E-state index in [1.165, 1.54) is 5.57 Å². The first-order valence-electron chi connectivity index (χ1n) is 17.0. The molecule has 2 fully saturated rings. The molecule has 3 aliphatic heterocycles. The van der Waals surface area contributed by atoms with E-state index in [0.717, 1.165) is 90.0 Å². The first-order chi connectivity index (χ1) is 23.3. The number of fused-ring (bicyclic) bond motifs is 2. The van der Waals surface area contributed by atoms with Gasteiger partial charge in [-0.3, -0.25) is 15.1 Å². The lowest BCUT2D eigenvalue weighted by Gasteiger charge is -2.32. The van der Waals surface area contributed by atoms with Crippen molar-refractivity contribution in [1.82, 2.24) is 36.3 Å². The minimum Gasteiger partial charge on any atom is -0.321 e. The van der Waals surface area contributed by atoms with Crippen molar-refractivity contribution in [2.24, 2.45) is 21.8 Å². The lowest BCUT2D eigenvalue weighted by Crippen LogP contribution is -2.59. The maximum absolute atomic E-state index is 12.7. The van der Waals surface area contributed by atoms with Crippen LogP contribution in [0.2, 0.25) is 0 Å². The van der Waals surface area contributed by atoms with Gasteiger partial charge in [0.1, 0.15) is 5.82 Å². The van der Waals surface area contributed by atoms with Gasteiger partial charge in [0.2, 0.25) is 17.8 Å². The molecule has 0 radical (unpaired) electrons. The molecule has 0 bridgehead atoms. The standard InChI is InChI=1S/C37H48N10O/c1-24(2)29-23-41-47-35(29)44-36(39-21-26-16-18-38-19-17-26)45-37(47)40-22-30-25(3)9-6-11-28(30)31-15-14-27-10-7-12-32(34(27)43-31)42-33(48)13-8-20-46(4)5/h6-15,24,26,38,41H,16-23H2,1-5H3,(H,42,48)(H2,39,40,44,45)/b13-8+. The highest BCUT2D eigenvalue weighted by molar-refractivity contribution is 6.05.